The van der Waals surface area contributed by atoms with Crippen LogP contribution in [-0.2, 0) is 11.3 Å². The minimum Gasteiger partial charge on any atom is -0.338 e. The van der Waals surface area contributed by atoms with Crippen molar-refractivity contribution in [3.63, 3.8) is 0 Å². The molecule has 1 amide bonds. The standard InChI is InChI=1S/C14H13Cl2N3O/c1-19(9-10-7-17-18-8-10)14(20)6-5-11-12(15)3-2-4-13(11)16/h2-8H,9H2,1H3,(H,17,18). The van der Waals surface area contributed by atoms with Gasteiger partial charge in [-0.25, -0.2) is 0 Å². The third-order valence-electron chi connectivity index (χ3n) is 2.74. The molecular weight excluding hydrogens is 297 g/mol. The maximum Gasteiger partial charge on any atom is 0.246 e. The molecule has 2 aromatic rings. The Morgan fingerprint density at radius 1 is 1.40 bits per heavy atom. The number of benzene rings is 1. The first-order chi connectivity index (χ1) is 9.58. The predicted octanol–water partition coefficient (Wildman–Crippen LogP) is 3.39. The zero-order valence-electron chi connectivity index (χ0n) is 10.8. The van der Waals surface area contributed by atoms with Crippen LogP contribution in [0.5, 0.6) is 0 Å². The average molecular weight is 310 g/mol. The molecule has 1 aromatic heterocycles. The molecule has 0 radical (unpaired) electrons. The van der Waals surface area contributed by atoms with Gasteiger partial charge in [0, 0.05) is 47.0 Å². The molecule has 0 spiro atoms. The number of nitrogens with one attached hydrogen (secondary N) is 1. The highest BCUT2D eigenvalue weighted by molar-refractivity contribution is 6.37. The zero-order valence-corrected chi connectivity index (χ0v) is 12.3. The summed E-state index contributed by atoms with van der Waals surface area (Å²) in [5.41, 5.74) is 1.57. The van der Waals surface area contributed by atoms with E-state index < -0.39 is 0 Å². The van der Waals surface area contributed by atoms with Crippen LogP contribution in [0.2, 0.25) is 10.0 Å². The minimum absolute atomic E-state index is 0.137. The number of H-pyrrole nitrogens is 1. The second-order valence-corrected chi connectivity index (χ2v) is 5.08. The molecular formula is C14H13Cl2N3O. The molecule has 4 nitrogen and oxygen atoms in total. The van der Waals surface area contributed by atoms with Crippen molar-refractivity contribution in [3.8, 4) is 0 Å². The molecule has 1 aromatic carbocycles. The first-order valence-electron chi connectivity index (χ1n) is 5.93. The number of carbonyl (C=O) groups excluding carboxylic acids is 1. The summed E-state index contributed by atoms with van der Waals surface area (Å²) < 4.78 is 0. The molecule has 0 bridgehead atoms. The number of amides is 1. The van der Waals surface area contributed by atoms with Crippen LogP contribution in [0.4, 0.5) is 0 Å². The predicted molar refractivity (Wildman–Crippen MR) is 80.6 cm³/mol. The fraction of sp³-hybridized carbons (Fsp3) is 0.143. The van der Waals surface area contributed by atoms with Crippen molar-refractivity contribution in [2.24, 2.45) is 0 Å². The number of aromatic nitrogens is 2. The third-order valence-corrected chi connectivity index (χ3v) is 3.40. The summed E-state index contributed by atoms with van der Waals surface area (Å²) in [7, 11) is 1.72. The molecule has 0 aliphatic carbocycles. The molecule has 0 fully saturated rings. The van der Waals surface area contributed by atoms with E-state index in [1.165, 1.54) is 6.08 Å². The Morgan fingerprint density at radius 2 is 2.10 bits per heavy atom. The fourth-order valence-corrected chi connectivity index (χ4v) is 2.19. The Kier molecular flexibility index (Phi) is 4.82. The summed E-state index contributed by atoms with van der Waals surface area (Å²) in [5.74, 6) is -0.137. The van der Waals surface area contributed by atoms with E-state index in [-0.39, 0.29) is 5.91 Å². The number of halogens is 2. The topological polar surface area (TPSA) is 49.0 Å². The van der Waals surface area contributed by atoms with E-state index in [1.807, 2.05) is 0 Å². The van der Waals surface area contributed by atoms with Crippen LogP contribution in [0, 0.1) is 0 Å². The van der Waals surface area contributed by atoms with Crippen LogP contribution in [0.15, 0.2) is 36.7 Å². The van der Waals surface area contributed by atoms with E-state index >= 15 is 0 Å². The maximum atomic E-state index is 12.0. The lowest BCUT2D eigenvalue weighted by atomic mass is 10.2. The largest absolute Gasteiger partial charge is 0.338 e. The van der Waals surface area contributed by atoms with E-state index in [4.69, 9.17) is 23.2 Å². The Bertz CT molecular complexity index is 603. The van der Waals surface area contributed by atoms with Crippen LogP contribution >= 0.6 is 23.2 Å². The smallest absolute Gasteiger partial charge is 0.246 e. The fourth-order valence-electron chi connectivity index (χ4n) is 1.67. The molecule has 20 heavy (non-hydrogen) atoms. The number of likely N-dealkylation sites (N-methyl/N-ethyl adjacent to an activating group) is 1. The van der Waals surface area contributed by atoms with Gasteiger partial charge in [-0.15, -0.1) is 0 Å². The highest BCUT2D eigenvalue weighted by Crippen LogP contribution is 2.25. The highest BCUT2D eigenvalue weighted by atomic mass is 35.5. The van der Waals surface area contributed by atoms with Crippen molar-refractivity contribution in [2.75, 3.05) is 7.05 Å². The van der Waals surface area contributed by atoms with Crippen LogP contribution in [0.1, 0.15) is 11.1 Å². The van der Waals surface area contributed by atoms with Crippen LogP contribution < -0.4 is 0 Å². The summed E-state index contributed by atoms with van der Waals surface area (Å²) in [6, 6.07) is 5.22. The summed E-state index contributed by atoms with van der Waals surface area (Å²) in [5, 5.41) is 7.57. The first-order valence-corrected chi connectivity index (χ1v) is 6.68. The number of rotatable bonds is 4. The molecule has 0 saturated heterocycles. The van der Waals surface area contributed by atoms with Gasteiger partial charge in [-0.3, -0.25) is 9.89 Å². The number of carbonyl (C=O) groups is 1. The lowest BCUT2D eigenvalue weighted by molar-refractivity contribution is -0.125. The van der Waals surface area contributed by atoms with Crippen LogP contribution in [0.25, 0.3) is 6.08 Å². The molecule has 2 rings (SSSR count). The number of nitrogens with zero attached hydrogens (tertiary/aromatic N) is 2. The number of hydrogen-bond acceptors (Lipinski definition) is 2. The minimum atomic E-state index is -0.137. The molecule has 0 unspecified atom stereocenters. The maximum absolute atomic E-state index is 12.0. The van der Waals surface area contributed by atoms with E-state index in [0.29, 0.717) is 22.2 Å². The van der Waals surface area contributed by atoms with Crippen LogP contribution in [0.3, 0.4) is 0 Å². The summed E-state index contributed by atoms with van der Waals surface area (Å²) in [6.07, 6.45) is 6.50. The average Bonchev–Trinajstić information content (AvgIpc) is 2.90. The van der Waals surface area contributed by atoms with Crippen molar-refractivity contribution < 1.29 is 4.79 Å². The molecule has 104 valence electrons. The quantitative estimate of drug-likeness (QED) is 0.880. The van der Waals surface area contributed by atoms with Crippen molar-refractivity contribution in [2.45, 2.75) is 6.54 Å². The van der Waals surface area contributed by atoms with Crippen molar-refractivity contribution >= 4 is 35.2 Å². The Hall–Kier alpha value is -1.78. The molecule has 1 heterocycles. The molecule has 0 atom stereocenters. The van der Waals surface area contributed by atoms with E-state index in [0.717, 1.165) is 5.56 Å². The van der Waals surface area contributed by atoms with Gasteiger partial charge in [0.2, 0.25) is 5.91 Å². The molecule has 0 aliphatic rings. The zero-order chi connectivity index (χ0) is 14.5. The summed E-state index contributed by atoms with van der Waals surface area (Å²) in [4.78, 5) is 13.6. The van der Waals surface area contributed by atoms with Crippen molar-refractivity contribution in [3.05, 3.63) is 57.8 Å². The van der Waals surface area contributed by atoms with E-state index in [1.54, 1.807) is 48.6 Å². The van der Waals surface area contributed by atoms with Gasteiger partial charge in [0.15, 0.2) is 0 Å². The second kappa shape index (κ2) is 6.59. The van der Waals surface area contributed by atoms with Crippen molar-refractivity contribution in [1.82, 2.24) is 15.1 Å². The van der Waals surface area contributed by atoms with Gasteiger partial charge in [0.05, 0.1) is 6.20 Å². The van der Waals surface area contributed by atoms with Gasteiger partial charge in [-0.1, -0.05) is 29.3 Å². The molecule has 1 N–H and O–H groups in total. The first kappa shape index (κ1) is 14.6. The van der Waals surface area contributed by atoms with Gasteiger partial charge in [-0.2, -0.15) is 5.10 Å². The lowest BCUT2D eigenvalue weighted by Crippen LogP contribution is -2.23. The van der Waals surface area contributed by atoms with E-state index in [2.05, 4.69) is 10.2 Å². The third kappa shape index (κ3) is 3.62. The van der Waals surface area contributed by atoms with Gasteiger partial charge >= 0.3 is 0 Å². The SMILES string of the molecule is CN(Cc1cn[nH]c1)C(=O)C=Cc1c(Cl)cccc1Cl. The molecule has 0 aliphatic heterocycles. The van der Waals surface area contributed by atoms with Gasteiger partial charge in [-0.05, 0) is 18.2 Å². The van der Waals surface area contributed by atoms with E-state index in [9.17, 15) is 4.79 Å². The molecule has 0 saturated carbocycles. The van der Waals surface area contributed by atoms with Crippen LogP contribution in [-0.4, -0.2) is 28.1 Å². The van der Waals surface area contributed by atoms with Gasteiger partial charge in [0.1, 0.15) is 0 Å². The monoisotopic (exact) mass is 309 g/mol. The summed E-state index contributed by atoms with van der Waals surface area (Å²) in [6.45, 7) is 0.482. The van der Waals surface area contributed by atoms with Gasteiger partial charge < -0.3 is 4.90 Å². The Morgan fingerprint density at radius 3 is 2.70 bits per heavy atom. The molecule has 6 heteroatoms. The lowest BCUT2D eigenvalue weighted by Gasteiger charge is -2.13. The number of aromatic amines is 1. The van der Waals surface area contributed by atoms with Gasteiger partial charge in [0.25, 0.3) is 0 Å². The number of hydrogen-bond donors (Lipinski definition) is 1. The Labute approximate surface area is 127 Å². The summed E-state index contributed by atoms with van der Waals surface area (Å²) >= 11 is 12.1. The highest BCUT2D eigenvalue weighted by Gasteiger charge is 2.07. The normalized spacial score (nSPS) is 10.9. The second-order valence-electron chi connectivity index (χ2n) is 4.27. The Balaban J connectivity index is 2.05. The van der Waals surface area contributed by atoms with Crippen molar-refractivity contribution in [1.29, 1.82) is 0 Å².